The molecule has 1 rings (SSSR count). The molecule has 0 aliphatic rings. The third-order valence-electron chi connectivity index (χ3n) is 1.22. The predicted octanol–water partition coefficient (Wildman–Crippen LogP) is 1.00. The fraction of sp³-hybridized carbons (Fsp3) is 0.571. The Morgan fingerprint density at radius 2 is 1.64 bits per heavy atom. The molecule has 0 atom stereocenters. The molecule has 0 amide bonds. The summed E-state index contributed by atoms with van der Waals surface area (Å²) >= 11 is 0. The monoisotopic (exact) mass is 155 g/mol. The van der Waals surface area contributed by atoms with Crippen molar-refractivity contribution in [3.63, 3.8) is 0 Å². The Bertz CT molecular complexity index is 229. The van der Waals surface area contributed by atoms with Gasteiger partial charge < -0.3 is 0 Å². The van der Waals surface area contributed by atoms with Crippen LogP contribution in [-0.4, -0.2) is 21.6 Å². The molecule has 0 saturated carbocycles. The zero-order valence-electron chi connectivity index (χ0n) is 6.63. The molecule has 0 fully saturated rings. The molecule has 1 aromatic rings. The lowest BCUT2D eigenvalue weighted by Crippen LogP contribution is -2.03. The van der Waals surface area contributed by atoms with Crippen LogP contribution >= 0.6 is 0 Å². The first-order valence-electron chi connectivity index (χ1n) is 3.46. The normalized spacial score (nSPS) is 10.1. The second-order valence-electron chi connectivity index (χ2n) is 2.29. The summed E-state index contributed by atoms with van der Waals surface area (Å²) in [5, 5.41) is 0. The second-order valence-corrected chi connectivity index (χ2v) is 2.29. The van der Waals surface area contributed by atoms with Gasteiger partial charge in [-0.05, 0) is 13.8 Å². The maximum atomic E-state index is 11.8. The summed E-state index contributed by atoms with van der Waals surface area (Å²) in [5.41, 5.74) is 0. The first-order valence-corrected chi connectivity index (χ1v) is 3.46. The average molecular weight is 155 g/mol. The van der Waals surface area contributed by atoms with Gasteiger partial charge in [-0.1, -0.05) is 0 Å². The highest BCUT2D eigenvalue weighted by molar-refractivity contribution is 4.94. The van der Waals surface area contributed by atoms with Gasteiger partial charge in [-0.3, -0.25) is 4.39 Å². The van der Waals surface area contributed by atoms with E-state index in [2.05, 4.69) is 15.0 Å². The first kappa shape index (κ1) is 8.04. The molecule has 0 unspecified atom stereocenters. The van der Waals surface area contributed by atoms with E-state index < -0.39 is 6.67 Å². The van der Waals surface area contributed by atoms with Crippen LogP contribution in [0.25, 0.3) is 0 Å². The molecule has 4 heteroatoms. The molecule has 3 nitrogen and oxygen atoms in total. The van der Waals surface area contributed by atoms with Gasteiger partial charge in [-0.2, -0.15) is 0 Å². The van der Waals surface area contributed by atoms with Crippen molar-refractivity contribution in [2.24, 2.45) is 0 Å². The van der Waals surface area contributed by atoms with Crippen molar-refractivity contribution in [2.45, 2.75) is 20.3 Å². The number of hydrogen-bond acceptors (Lipinski definition) is 3. The van der Waals surface area contributed by atoms with Gasteiger partial charge in [0.05, 0.1) is 6.67 Å². The van der Waals surface area contributed by atoms with Gasteiger partial charge in [0.15, 0.2) is 0 Å². The van der Waals surface area contributed by atoms with Gasteiger partial charge in [0.25, 0.3) is 0 Å². The summed E-state index contributed by atoms with van der Waals surface area (Å²) in [7, 11) is 0. The minimum atomic E-state index is -0.414. The third-order valence-corrected chi connectivity index (χ3v) is 1.22. The number of hydrogen-bond donors (Lipinski definition) is 0. The summed E-state index contributed by atoms with van der Waals surface area (Å²) in [6.07, 6.45) is 0.282. The van der Waals surface area contributed by atoms with Crippen LogP contribution in [0.3, 0.4) is 0 Å². The van der Waals surface area contributed by atoms with E-state index in [0.29, 0.717) is 17.5 Å². The third kappa shape index (κ3) is 2.22. The molecule has 1 aromatic heterocycles. The Morgan fingerprint density at radius 3 is 2.09 bits per heavy atom. The lowest BCUT2D eigenvalue weighted by Gasteiger charge is -1.98. The summed E-state index contributed by atoms with van der Waals surface area (Å²) in [6.45, 7) is 3.13. The van der Waals surface area contributed by atoms with Gasteiger partial charge in [0.2, 0.25) is 0 Å². The zero-order valence-corrected chi connectivity index (χ0v) is 6.63. The van der Waals surface area contributed by atoms with E-state index in [0.717, 1.165) is 0 Å². The second kappa shape index (κ2) is 3.37. The van der Waals surface area contributed by atoms with Crippen LogP contribution in [0, 0.1) is 13.8 Å². The van der Waals surface area contributed by atoms with Crippen molar-refractivity contribution in [3.05, 3.63) is 17.5 Å². The largest absolute Gasteiger partial charge is 0.251 e. The number of rotatable bonds is 2. The number of halogens is 1. The van der Waals surface area contributed by atoms with Gasteiger partial charge in [0, 0.05) is 6.42 Å². The maximum Gasteiger partial charge on any atom is 0.135 e. The van der Waals surface area contributed by atoms with E-state index in [-0.39, 0.29) is 6.42 Å². The van der Waals surface area contributed by atoms with Crippen molar-refractivity contribution >= 4 is 0 Å². The summed E-state index contributed by atoms with van der Waals surface area (Å²) in [6, 6.07) is 0. The standard InChI is InChI=1S/C7H10FN3/c1-5-9-6(2)11-7(10-5)3-4-8/h3-4H2,1-2H3. The highest BCUT2D eigenvalue weighted by atomic mass is 19.1. The summed E-state index contributed by atoms with van der Waals surface area (Å²) < 4.78 is 11.8. The van der Waals surface area contributed by atoms with Crippen molar-refractivity contribution in [1.82, 2.24) is 15.0 Å². The van der Waals surface area contributed by atoms with Crippen LogP contribution in [0.15, 0.2) is 0 Å². The summed E-state index contributed by atoms with van der Waals surface area (Å²) in [5.74, 6) is 1.85. The molecule has 1 heterocycles. The number of nitrogens with zero attached hydrogens (tertiary/aromatic N) is 3. The smallest absolute Gasteiger partial charge is 0.135 e. The van der Waals surface area contributed by atoms with Crippen LogP contribution in [0.5, 0.6) is 0 Å². The lowest BCUT2D eigenvalue weighted by atomic mass is 10.4. The van der Waals surface area contributed by atoms with Crippen molar-refractivity contribution < 1.29 is 4.39 Å². The van der Waals surface area contributed by atoms with Crippen LogP contribution in [0.1, 0.15) is 17.5 Å². The van der Waals surface area contributed by atoms with Crippen LogP contribution in [0.2, 0.25) is 0 Å². The lowest BCUT2D eigenvalue weighted by molar-refractivity contribution is 0.486. The van der Waals surface area contributed by atoms with Gasteiger partial charge in [-0.25, -0.2) is 15.0 Å². The molecular weight excluding hydrogens is 145 g/mol. The zero-order chi connectivity index (χ0) is 8.27. The Morgan fingerprint density at radius 1 is 1.09 bits per heavy atom. The first-order chi connectivity index (χ1) is 5.22. The number of aryl methyl sites for hydroxylation is 3. The predicted molar refractivity (Wildman–Crippen MR) is 39.0 cm³/mol. The maximum absolute atomic E-state index is 11.8. The van der Waals surface area contributed by atoms with E-state index >= 15 is 0 Å². The van der Waals surface area contributed by atoms with E-state index in [9.17, 15) is 4.39 Å². The van der Waals surface area contributed by atoms with Crippen LogP contribution in [0.4, 0.5) is 4.39 Å². The minimum Gasteiger partial charge on any atom is -0.251 e. The van der Waals surface area contributed by atoms with Crippen molar-refractivity contribution in [2.75, 3.05) is 6.67 Å². The molecule has 0 bridgehead atoms. The molecule has 0 N–H and O–H groups in total. The topological polar surface area (TPSA) is 38.7 Å². The Hall–Kier alpha value is -1.06. The molecule has 0 aliphatic heterocycles. The fourth-order valence-corrected chi connectivity index (χ4v) is 0.879. The molecular formula is C7H10FN3. The Kier molecular flexibility index (Phi) is 2.46. The fourth-order valence-electron chi connectivity index (χ4n) is 0.879. The molecule has 0 aromatic carbocycles. The van der Waals surface area contributed by atoms with Crippen LogP contribution in [-0.2, 0) is 6.42 Å². The van der Waals surface area contributed by atoms with Gasteiger partial charge >= 0.3 is 0 Å². The summed E-state index contributed by atoms with van der Waals surface area (Å²) in [4.78, 5) is 11.9. The molecule has 60 valence electrons. The van der Waals surface area contributed by atoms with E-state index in [1.807, 2.05) is 0 Å². The van der Waals surface area contributed by atoms with Crippen molar-refractivity contribution in [1.29, 1.82) is 0 Å². The Labute approximate surface area is 64.7 Å². The van der Waals surface area contributed by atoms with E-state index in [4.69, 9.17) is 0 Å². The van der Waals surface area contributed by atoms with Crippen molar-refractivity contribution in [3.8, 4) is 0 Å². The van der Waals surface area contributed by atoms with Gasteiger partial charge in [0.1, 0.15) is 17.5 Å². The van der Waals surface area contributed by atoms with E-state index in [1.165, 1.54) is 0 Å². The molecule has 0 spiro atoms. The minimum absolute atomic E-state index is 0.282. The molecule has 0 aliphatic carbocycles. The quantitative estimate of drug-likeness (QED) is 0.639. The van der Waals surface area contributed by atoms with Gasteiger partial charge in [-0.15, -0.1) is 0 Å². The Balaban J connectivity index is 2.89. The molecule has 0 radical (unpaired) electrons. The van der Waals surface area contributed by atoms with Crippen LogP contribution < -0.4 is 0 Å². The number of alkyl halides is 1. The van der Waals surface area contributed by atoms with E-state index in [1.54, 1.807) is 13.8 Å². The SMILES string of the molecule is Cc1nc(C)nc(CCF)n1. The molecule has 11 heavy (non-hydrogen) atoms. The number of aromatic nitrogens is 3. The highest BCUT2D eigenvalue weighted by Crippen LogP contribution is 1.95. The molecule has 0 saturated heterocycles. The average Bonchev–Trinajstić information content (AvgIpc) is 1.85. The highest BCUT2D eigenvalue weighted by Gasteiger charge is 1.98.